The van der Waals surface area contributed by atoms with Crippen molar-refractivity contribution in [2.45, 2.75) is 26.8 Å². The average Bonchev–Trinajstić information content (AvgIpc) is 2.77. The molecule has 0 aliphatic carbocycles. The smallest absolute Gasteiger partial charge is 0.293 e. The zero-order valence-electron chi connectivity index (χ0n) is 10.4. The summed E-state index contributed by atoms with van der Waals surface area (Å²) < 4.78 is 6.45. The van der Waals surface area contributed by atoms with Crippen LogP contribution in [0.15, 0.2) is 21.7 Å². The minimum absolute atomic E-state index is 0.121. The highest BCUT2D eigenvalue weighted by Crippen LogP contribution is 1.97. The van der Waals surface area contributed by atoms with Crippen LogP contribution in [-0.2, 0) is 13.0 Å². The molecule has 2 heterocycles. The number of hydrogen-bond donors (Lipinski definition) is 1. The molecular weight excluding hydrogens is 234 g/mol. The Labute approximate surface area is 104 Å². The number of anilines is 1. The minimum atomic E-state index is -0.121. The first-order chi connectivity index (χ1) is 8.70. The Bertz CT molecular complexity index is 575. The average molecular weight is 249 g/mol. The van der Waals surface area contributed by atoms with Gasteiger partial charge in [-0.25, -0.2) is 4.98 Å². The van der Waals surface area contributed by atoms with Crippen molar-refractivity contribution >= 4 is 5.82 Å². The number of hydrogen-bond acceptors (Lipinski definition) is 6. The van der Waals surface area contributed by atoms with Gasteiger partial charge in [0.1, 0.15) is 0 Å². The predicted molar refractivity (Wildman–Crippen MR) is 65.4 cm³/mol. The molecule has 0 aromatic carbocycles. The summed E-state index contributed by atoms with van der Waals surface area (Å²) in [6.45, 7) is 4.81. The molecule has 0 saturated carbocycles. The van der Waals surface area contributed by atoms with Crippen molar-refractivity contribution < 1.29 is 4.52 Å². The van der Waals surface area contributed by atoms with Crippen LogP contribution in [0.5, 0.6) is 0 Å². The lowest BCUT2D eigenvalue weighted by molar-refractivity contribution is 0.387. The standard InChI is InChI=1S/C11H15N5O2/c1-3-16-7-6-13-10(11(16)17)12-5-4-9-14-8(2)18-15-9/h6-7H,3-5H2,1-2H3,(H,12,13). The second-order valence-electron chi connectivity index (χ2n) is 3.77. The first kappa shape index (κ1) is 12.3. The lowest BCUT2D eigenvalue weighted by atomic mass is 10.4. The number of rotatable bonds is 5. The molecule has 18 heavy (non-hydrogen) atoms. The Balaban J connectivity index is 1.96. The maximum atomic E-state index is 11.8. The molecule has 0 radical (unpaired) electrons. The summed E-state index contributed by atoms with van der Waals surface area (Å²) >= 11 is 0. The van der Waals surface area contributed by atoms with E-state index in [2.05, 4.69) is 20.4 Å². The van der Waals surface area contributed by atoms with E-state index in [1.807, 2.05) is 6.92 Å². The molecule has 2 rings (SSSR count). The number of aromatic nitrogens is 4. The molecule has 96 valence electrons. The number of aryl methyl sites for hydroxylation is 2. The lowest BCUT2D eigenvalue weighted by Gasteiger charge is -2.05. The van der Waals surface area contributed by atoms with Gasteiger partial charge in [-0.2, -0.15) is 4.98 Å². The fraction of sp³-hybridized carbons (Fsp3) is 0.455. The van der Waals surface area contributed by atoms with E-state index >= 15 is 0 Å². The Hall–Kier alpha value is -2.18. The van der Waals surface area contributed by atoms with Crippen molar-refractivity contribution in [1.82, 2.24) is 19.7 Å². The van der Waals surface area contributed by atoms with Gasteiger partial charge in [-0.1, -0.05) is 5.16 Å². The summed E-state index contributed by atoms with van der Waals surface area (Å²) in [4.78, 5) is 19.9. The molecule has 7 nitrogen and oxygen atoms in total. The van der Waals surface area contributed by atoms with Gasteiger partial charge in [0.25, 0.3) is 5.56 Å². The molecule has 0 amide bonds. The van der Waals surface area contributed by atoms with Crippen LogP contribution in [0.2, 0.25) is 0 Å². The van der Waals surface area contributed by atoms with E-state index in [-0.39, 0.29) is 5.56 Å². The monoisotopic (exact) mass is 249 g/mol. The quantitative estimate of drug-likeness (QED) is 0.835. The maximum absolute atomic E-state index is 11.8. The molecule has 0 unspecified atom stereocenters. The predicted octanol–water partition coefficient (Wildman–Crippen LogP) is 0.609. The van der Waals surface area contributed by atoms with Crippen LogP contribution in [0.4, 0.5) is 5.82 Å². The van der Waals surface area contributed by atoms with Crippen LogP contribution in [0.25, 0.3) is 0 Å². The van der Waals surface area contributed by atoms with Gasteiger partial charge in [-0.05, 0) is 6.92 Å². The van der Waals surface area contributed by atoms with Gasteiger partial charge in [0, 0.05) is 38.8 Å². The first-order valence-electron chi connectivity index (χ1n) is 5.79. The third-order valence-electron chi connectivity index (χ3n) is 2.47. The van der Waals surface area contributed by atoms with Gasteiger partial charge in [0.2, 0.25) is 5.89 Å². The van der Waals surface area contributed by atoms with Crippen molar-refractivity contribution in [3.63, 3.8) is 0 Å². The largest absolute Gasteiger partial charge is 0.365 e. The van der Waals surface area contributed by atoms with Crippen LogP contribution < -0.4 is 10.9 Å². The summed E-state index contributed by atoms with van der Waals surface area (Å²) in [5.74, 6) is 1.50. The van der Waals surface area contributed by atoms with Crippen LogP contribution in [0.3, 0.4) is 0 Å². The fourth-order valence-corrected chi connectivity index (χ4v) is 1.55. The van der Waals surface area contributed by atoms with E-state index in [0.29, 0.717) is 37.0 Å². The third-order valence-corrected chi connectivity index (χ3v) is 2.47. The van der Waals surface area contributed by atoms with Gasteiger partial charge in [-0.3, -0.25) is 4.79 Å². The maximum Gasteiger partial charge on any atom is 0.293 e. The number of nitrogens with one attached hydrogen (secondary N) is 1. The highest BCUT2D eigenvalue weighted by atomic mass is 16.5. The van der Waals surface area contributed by atoms with E-state index in [0.717, 1.165) is 0 Å². The summed E-state index contributed by atoms with van der Waals surface area (Å²) in [6.07, 6.45) is 3.85. The molecule has 0 saturated heterocycles. The molecule has 0 atom stereocenters. The molecule has 0 bridgehead atoms. The third kappa shape index (κ3) is 2.73. The van der Waals surface area contributed by atoms with Crippen molar-refractivity contribution in [3.05, 3.63) is 34.5 Å². The van der Waals surface area contributed by atoms with E-state index in [1.54, 1.807) is 23.9 Å². The van der Waals surface area contributed by atoms with Gasteiger partial charge in [0.05, 0.1) is 0 Å². The SMILES string of the molecule is CCn1ccnc(NCCc2noc(C)n2)c1=O. The Morgan fingerprint density at radius 3 is 3.00 bits per heavy atom. The molecule has 0 spiro atoms. The zero-order valence-corrected chi connectivity index (χ0v) is 10.4. The van der Waals surface area contributed by atoms with Crippen molar-refractivity contribution in [1.29, 1.82) is 0 Å². The van der Waals surface area contributed by atoms with E-state index in [9.17, 15) is 4.79 Å². The highest BCUT2D eigenvalue weighted by molar-refractivity contribution is 5.30. The van der Waals surface area contributed by atoms with Crippen LogP contribution in [0.1, 0.15) is 18.6 Å². The second kappa shape index (κ2) is 5.44. The van der Waals surface area contributed by atoms with Gasteiger partial charge in [0.15, 0.2) is 11.6 Å². The van der Waals surface area contributed by atoms with Gasteiger partial charge >= 0.3 is 0 Å². The molecule has 7 heteroatoms. The summed E-state index contributed by atoms with van der Waals surface area (Å²) in [5, 5.41) is 6.75. The van der Waals surface area contributed by atoms with E-state index in [4.69, 9.17) is 4.52 Å². The summed E-state index contributed by atoms with van der Waals surface area (Å²) in [6, 6.07) is 0. The van der Waals surface area contributed by atoms with Crippen LogP contribution in [-0.4, -0.2) is 26.2 Å². The molecule has 2 aromatic heterocycles. The highest BCUT2D eigenvalue weighted by Gasteiger charge is 2.05. The molecule has 0 aliphatic heterocycles. The number of nitrogens with zero attached hydrogens (tertiary/aromatic N) is 4. The van der Waals surface area contributed by atoms with Crippen molar-refractivity contribution in [3.8, 4) is 0 Å². The summed E-state index contributed by atoms with van der Waals surface area (Å²) in [7, 11) is 0. The molecule has 0 fully saturated rings. The van der Waals surface area contributed by atoms with Crippen LogP contribution >= 0.6 is 0 Å². The molecular formula is C11H15N5O2. The van der Waals surface area contributed by atoms with Crippen molar-refractivity contribution in [2.75, 3.05) is 11.9 Å². The summed E-state index contributed by atoms with van der Waals surface area (Å²) in [5.41, 5.74) is -0.121. The van der Waals surface area contributed by atoms with E-state index < -0.39 is 0 Å². The van der Waals surface area contributed by atoms with Gasteiger partial charge in [-0.15, -0.1) is 0 Å². The second-order valence-corrected chi connectivity index (χ2v) is 3.77. The zero-order chi connectivity index (χ0) is 13.0. The first-order valence-corrected chi connectivity index (χ1v) is 5.79. The Kier molecular flexibility index (Phi) is 3.71. The lowest BCUT2D eigenvalue weighted by Crippen LogP contribution is -2.24. The Morgan fingerprint density at radius 2 is 2.33 bits per heavy atom. The Morgan fingerprint density at radius 1 is 1.50 bits per heavy atom. The van der Waals surface area contributed by atoms with Gasteiger partial charge < -0.3 is 14.4 Å². The topological polar surface area (TPSA) is 85.8 Å². The molecule has 0 aliphatic rings. The molecule has 1 N–H and O–H groups in total. The fourth-order valence-electron chi connectivity index (χ4n) is 1.55. The van der Waals surface area contributed by atoms with E-state index in [1.165, 1.54) is 0 Å². The van der Waals surface area contributed by atoms with Crippen LogP contribution in [0, 0.1) is 6.92 Å². The molecule has 2 aromatic rings. The normalized spacial score (nSPS) is 10.6. The van der Waals surface area contributed by atoms with Crippen molar-refractivity contribution in [2.24, 2.45) is 0 Å². The minimum Gasteiger partial charge on any atom is -0.365 e.